The van der Waals surface area contributed by atoms with Gasteiger partial charge in [0, 0.05) is 17.3 Å². The van der Waals surface area contributed by atoms with E-state index in [2.05, 4.69) is 66.7 Å². The van der Waals surface area contributed by atoms with E-state index in [0.717, 1.165) is 60.9 Å². The second kappa shape index (κ2) is 8.22. The van der Waals surface area contributed by atoms with Gasteiger partial charge in [0.1, 0.15) is 16.9 Å². The summed E-state index contributed by atoms with van der Waals surface area (Å²) in [6.07, 6.45) is 0. The van der Waals surface area contributed by atoms with Crippen LogP contribution in [0.4, 0.5) is 0 Å². The van der Waals surface area contributed by atoms with Crippen molar-refractivity contribution in [3.05, 3.63) is 115 Å². The van der Waals surface area contributed by atoms with Crippen molar-refractivity contribution in [1.82, 2.24) is 0 Å². The first-order valence-corrected chi connectivity index (χ1v) is 11.3. The summed E-state index contributed by atoms with van der Waals surface area (Å²) in [7, 11) is 0. The molecule has 3 N–H and O–H groups in total. The van der Waals surface area contributed by atoms with Gasteiger partial charge in [-0.15, -0.1) is 0 Å². The highest BCUT2D eigenvalue weighted by Crippen LogP contribution is 2.35. The van der Waals surface area contributed by atoms with Crippen molar-refractivity contribution in [3.8, 4) is 39.1 Å². The number of phenolic OH excluding ortho intramolecular Hbond substituents is 1. The Labute approximate surface area is 197 Å². The molecule has 0 fully saturated rings. The molecule has 0 aliphatic heterocycles. The van der Waals surface area contributed by atoms with Gasteiger partial charge < -0.3 is 15.3 Å². The van der Waals surface area contributed by atoms with Crippen molar-refractivity contribution in [2.75, 3.05) is 0 Å². The number of rotatable bonds is 4. The minimum Gasteiger partial charge on any atom is -0.508 e. The number of phenols is 1. The second-order valence-corrected chi connectivity index (χ2v) is 8.51. The lowest BCUT2D eigenvalue weighted by Gasteiger charge is -2.08. The van der Waals surface area contributed by atoms with Crippen molar-refractivity contribution in [3.63, 3.8) is 0 Å². The summed E-state index contributed by atoms with van der Waals surface area (Å²) in [6, 6.07) is 36.8. The zero-order chi connectivity index (χ0) is 23.1. The highest BCUT2D eigenvalue weighted by atomic mass is 16.3. The highest BCUT2D eigenvalue weighted by Gasteiger charge is 2.12. The molecule has 6 rings (SSSR count). The molecule has 0 saturated carbocycles. The molecule has 0 aliphatic carbocycles. The first kappa shape index (κ1) is 20.3. The van der Waals surface area contributed by atoms with E-state index in [9.17, 15) is 5.11 Å². The maximum atomic E-state index is 9.57. The van der Waals surface area contributed by atoms with Crippen LogP contribution in [0.2, 0.25) is 0 Å². The quantitative estimate of drug-likeness (QED) is 0.294. The molecule has 3 heteroatoms. The Kier molecular flexibility index (Phi) is 4.90. The Balaban J connectivity index is 1.36. The van der Waals surface area contributed by atoms with Crippen LogP contribution in [0, 0.1) is 0 Å². The topological polar surface area (TPSA) is 59.4 Å². The Morgan fingerprint density at radius 2 is 1.12 bits per heavy atom. The molecule has 0 spiro atoms. The molecule has 5 aromatic carbocycles. The monoisotopic (exact) mass is 441 g/mol. The maximum Gasteiger partial charge on any atom is 0.135 e. The maximum absolute atomic E-state index is 9.57. The van der Waals surface area contributed by atoms with Crippen LogP contribution in [0.5, 0.6) is 5.75 Å². The van der Waals surface area contributed by atoms with Crippen LogP contribution in [-0.4, -0.2) is 5.11 Å². The van der Waals surface area contributed by atoms with E-state index in [-0.39, 0.29) is 5.75 Å². The number of hydrogen-bond acceptors (Lipinski definition) is 3. The highest BCUT2D eigenvalue weighted by molar-refractivity contribution is 6.08. The van der Waals surface area contributed by atoms with Crippen LogP contribution in [0.25, 0.3) is 55.3 Å². The third-order valence-electron chi connectivity index (χ3n) is 6.42. The second-order valence-electron chi connectivity index (χ2n) is 8.51. The Hall–Kier alpha value is -4.34. The fraction of sp³-hybridized carbons (Fsp3) is 0.0323. The predicted molar refractivity (Wildman–Crippen MR) is 140 cm³/mol. The summed E-state index contributed by atoms with van der Waals surface area (Å²) in [5, 5.41) is 11.8. The lowest BCUT2D eigenvalue weighted by Crippen LogP contribution is -1.96. The van der Waals surface area contributed by atoms with Crippen molar-refractivity contribution in [2.24, 2.45) is 5.73 Å². The van der Waals surface area contributed by atoms with E-state index in [1.165, 1.54) is 0 Å². The lowest BCUT2D eigenvalue weighted by atomic mass is 9.96. The SMILES string of the molecule is NCc1cccc2oc3ccc(-c4ccc(-c5cccc(-c6ccc(O)cc6)c5)cc4)cc3c12. The van der Waals surface area contributed by atoms with Gasteiger partial charge in [0.25, 0.3) is 0 Å². The fourth-order valence-electron chi connectivity index (χ4n) is 4.64. The molecule has 0 unspecified atom stereocenters. The van der Waals surface area contributed by atoms with Crippen LogP contribution in [0.3, 0.4) is 0 Å². The largest absolute Gasteiger partial charge is 0.508 e. The van der Waals surface area contributed by atoms with Crippen molar-refractivity contribution >= 4 is 21.9 Å². The first-order valence-electron chi connectivity index (χ1n) is 11.3. The summed E-state index contributed by atoms with van der Waals surface area (Å²) < 4.78 is 6.05. The standard InChI is InChI=1S/C31H23NO2/c32-19-26-5-2-6-30-31(26)28-18-25(13-16-29(28)34-30)21-9-7-20(8-10-21)23-3-1-4-24(17-23)22-11-14-27(33)15-12-22/h1-18,33H,19,32H2. The van der Waals surface area contributed by atoms with E-state index in [1.807, 2.05) is 30.3 Å². The third-order valence-corrected chi connectivity index (χ3v) is 6.42. The van der Waals surface area contributed by atoms with Gasteiger partial charge in [-0.2, -0.15) is 0 Å². The molecule has 0 saturated heterocycles. The molecule has 0 aliphatic rings. The molecule has 0 bridgehead atoms. The molecule has 164 valence electrons. The molecule has 34 heavy (non-hydrogen) atoms. The fourth-order valence-corrected chi connectivity index (χ4v) is 4.64. The van der Waals surface area contributed by atoms with Gasteiger partial charge in [-0.25, -0.2) is 0 Å². The summed E-state index contributed by atoms with van der Waals surface area (Å²) >= 11 is 0. The van der Waals surface area contributed by atoms with Gasteiger partial charge in [0.15, 0.2) is 0 Å². The molecule has 0 amide bonds. The number of fused-ring (bicyclic) bond motifs is 3. The molecule has 6 aromatic rings. The van der Waals surface area contributed by atoms with E-state index in [4.69, 9.17) is 10.2 Å². The molecule has 0 atom stereocenters. The smallest absolute Gasteiger partial charge is 0.135 e. The lowest BCUT2D eigenvalue weighted by molar-refractivity contribution is 0.475. The Bertz CT molecular complexity index is 1630. The number of hydrogen-bond donors (Lipinski definition) is 2. The third kappa shape index (κ3) is 3.53. The van der Waals surface area contributed by atoms with Crippen LogP contribution < -0.4 is 5.73 Å². The van der Waals surface area contributed by atoms with Crippen LogP contribution in [0.1, 0.15) is 5.56 Å². The van der Waals surface area contributed by atoms with Gasteiger partial charge >= 0.3 is 0 Å². The van der Waals surface area contributed by atoms with E-state index in [1.54, 1.807) is 12.1 Å². The summed E-state index contributed by atoms with van der Waals surface area (Å²) in [5.74, 6) is 0.274. The summed E-state index contributed by atoms with van der Waals surface area (Å²) in [6.45, 7) is 0.480. The number of nitrogens with two attached hydrogens (primary N) is 1. The summed E-state index contributed by atoms with van der Waals surface area (Å²) in [4.78, 5) is 0. The van der Waals surface area contributed by atoms with Gasteiger partial charge in [0.2, 0.25) is 0 Å². The van der Waals surface area contributed by atoms with Crippen LogP contribution >= 0.6 is 0 Å². The first-order chi connectivity index (χ1) is 16.7. The molecule has 1 aromatic heterocycles. The predicted octanol–water partition coefficient (Wildman–Crippen LogP) is 7.75. The molecular weight excluding hydrogens is 418 g/mol. The van der Waals surface area contributed by atoms with Gasteiger partial charge in [0.05, 0.1) is 0 Å². The van der Waals surface area contributed by atoms with Gasteiger partial charge in [-0.1, -0.05) is 72.8 Å². The molecule has 3 nitrogen and oxygen atoms in total. The average Bonchev–Trinajstić information content (AvgIpc) is 3.27. The normalized spacial score (nSPS) is 11.3. The Morgan fingerprint density at radius 1 is 0.559 bits per heavy atom. The van der Waals surface area contributed by atoms with E-state index in [0.29, 0.717) is 6.54 Å². The van der Waals surface area contributed by atoms with Crippen molar-refractivity contribution in [2.45, 2.75) is 6.54 Å². The minimum absolute atomic E-state index is 0.274. The minimum atomic E-state index is 0.274. The summed E-state index contributed by atoms with van der Waals surface area (Å²) in [5.41, 5.74) is 15.6. The van der Waals surface area contributed by atoms with Crippen molar-refractivity contribution < 1.29 is 9.52 Å². The van der Waals surface area contributed by atoms with E-state index >= 15 is 0 Å². The van der Waals surface area contributed by atoms with Gasteiger partial charge in [-0.05, 0) is 75.3 Å². The zero-order valence-corrected chi connectivity index (χ0v) is 18.5. The van der Waals surface area contributed by atoms with E-state index < -0.39 is 0 Å². The number of benzene rings is 5. The van der Waals surface area contributed by atoms with Crippen LogP contribution in [-0.2, 0) is 6.54 Å². The Morgan fingerprint density at radius 3 is 1.76 bits per heavy atom. The zero-order valence-electron chi connectivity index (χ0n) is 18.5. The number of aromatic hydroxyl groups is 1. The van der Waals surface area contributed by atoms with Crippen LogP contribution in [0.15, 0.2) is 114 Å². The van der Waals surface area contributed by atoms with Gasteiger partial charge in [-0.3, -0.25) is 0 Å². The number of furan rings is 1. The molecule has 0 radical (unpaired) electrons. The molecule has 1 heterocycles. The molecular formula is C31H23NO2. The van der Waals surface area contributed by atoms with Crippen molar-refractivity contribution in [1.29, 1.82) is 0 Å². The average molecular weight is 442 g/mol.